The first-order chi connectivity index (χ1) is 12.9. The van der Waals surface area contributed by atoms with E-state index in [1.807, 2.05) is 24.3 Å². The van der Waals surface area contributed by atoms with E-state index in [2.05, 4.69) is 47.7 Å². The molecule has 5 heteroatoms. The third-order valence-electron chi connectivity index (χ3n) is 5.78. The third-order valence-corrected chi connectivity index (χ3v) is 10.3. The molecule has 0 aliphatic heterocycles. The maximum Gasteiger partial charge on any atom is 0.192 e. The molecule has 0 heterocycles. The largest absolute Gasteiger partial charge is 0.497 e. The van der Waals surface area contributed by atoms with Crippen molar-refractivity contribution < 1.29 is 18.7 Å². The number of carbonyl (C=O) groups is 1. The summed E-state index contributed by atoms with van der Waals surface area (Å²) in [5, 5.41) is 0.130. The first-order valence-corrected chi connectivity index (χ1v) is 13.2. The zero-order valence-corrected chi connectivity index (χ0v) is 20.3. The lowest BCUT2D eigenvalue weighted by Crippen LogP contribution is -2.48. The Bertz CT molecular complexity index is 604. The molecule has 0 amide bonds. The molecule has 160 valence electrons. The molecule has 1 aromatic carbocycles. The predicted molar refractivity (Wildman–Crippen MR) is 118 cm³/mol. The fraction of sp³-hybridized carbons (Fsp3) is 0.696. The van der Waals surface area contributed by atoms with E-state index in [0.717, 1.165) is 11.3 Å². The molecule has 0 unspecified atom stereocenters. The Hall–Kier alpha value is -1.17. The Morgan fingerprint density at radius 2 is 1.64 bits per heavy atom. The van der Waals surface area contributed by atoms with Crippen LogP contribution in [-0.4, -0.2) is 33.9 Å². The second-order valence-electron chi connectivity index (χ2n) is 9.57. The molecule has 4 nitrogen and oxygen atoms in total. The van der Waals surface area contributed by atoms with Crippen LogP contribution in [0.1, 0.15) is 53.5 Å². The van der Waals surface area contributed by atoms with Crippen molar-refractivity contribution in [1.82, 2.24) is 0 Å². The van der Waals surface area contributed by atoms with Crippen molar-refractivity contribution in [1.29, 1.82) is 0 Å². The number of ether oxygens (including phenoxy) is 2. The summed E-state index contributed by atoms with van der Waals surface area (Å²) in [6.45, 7) is 18.4. The van der Waals surface area contributed by atoms with Gasteiger partial charge in [0.2, 0.25) is 0 Å². The lowest BCUT2D eigenvalue weighted by atomic mass is 9.90. The second kappa shape index (κ2) is 10.6. The zero-order valence-electron chi connectivity index (χ0n) is 19.3. The van der Waals surface area contributed by atoms with Crippen molar-refractivity contribution >= 4 is 14.1 Å². The molecule has 0 aromatic heterocycles. The number of hydrogen-bond donors (Lipinski definition) is 0. The fourth-order valence-corrected chi connectivity index (χ4v) is 4.56. The summed E-state index contributed by atoms with van der Waals surface area (Å²) in [5.41, 5.74) is 1.12. The van der Waals surface area contributed by atoms with Crippen LogP contribution in [0.4, 0.5) is 0 Å². The van der Waals surface area contributed by atoms with E-state index in [-0.39, 0.29) is 28.8 Å². The van der Waals surface area contributed by atoms with E-state index >= 15 is 0 Å². The van der Waals surface area contributed by atoms with Crippen LogP contribution < -0.4 is 4.74 Å². The summed E-state index contributed by atoms with van der Waals surface area (Å²) in [4.78, 5) is 11.7. The van der Waals surface area contributed by atoms with Gasteiger partial charge in [-0.3, -0.25) is 0 Å². The standard InChI is InChI=1S/C23H40O4Si/c1-17(14-19(3)24)22(27-28(8,9)23(4,5)6)18(2)15-26-16-20-10-12-21(25-7)13-11-20/h10-13,17-18,22H,14-16H2,1-9H3/t17-,18-,22+/m0/s1. The summed E-state index contributed by atoms with van der Waals surface area (Å²) in [6.07, 6.45) is 0.558. The molecule has 0 aliphatic carbocycles. The SMILES string of the molecule is COc1ccc(COC[C@H](C)[C@H](O[Si](C)(C)C(C)(C)C)[C@@H](C)CC(C)=O)cc1. The highest BCUT2D eigenvalue weighted by molar-refractivity contribution is 6.74. The van der Waals surface area contributed by atoms with E-state index < -0.39 is 8.32 Å². The number of carbonyl (C=O) groups excluding carboxylic acids is 1. The molecule has 0 saturated carbocycles. The normalized spacial score (nSPS) is 15.8. The first-order valence-electron chi connectivity index (χ1n) is 10.3. The number of rotatable bonds is 11. The maximum atomic E-state index is 11.7. The smallest absolute Gasteiger partial charge is 0.192 e. The van der Waals surface area contributed by atoms with Crippen LogP contribution in [0, 0.1) is 11.8 Å². The lowest BCUT2D eigenvalue weighted by Gasteiger charge is -2.42. The quantitative estimate of drug-likeness (QED) is 0.431. The monoisotopic (exact) mass is 408 g/mol. The molecule has 0 N–H and O–H groups in total. The first kappa shape index (κ1) is 24.9. The molecule has 0 fully saturated rings. The topological polar surface area (TPSA) is 44.8 Å². The van der Waals surface area contributed by atoms with E-state index in [9.17, 15) is 4.79 Å². The lowest BCUT2D eigenvalue weighted by molar-refractivity contribution is -0.119. The van der Waals surface area contributed by atoms with Crippen molar-refractivity contribution in [2.45, 2.75) is 78.8 Å². The highest BCUT2D eigenvalue weighted by Crippen LogP contribution is 2.39. The molecule has 1 aromatic rings. The molecule has 28 heavy (non-hydrogen) atoms. The second-order valence-corrected chi connectivity index (χ2v) is 14.3. The minimum absolute atomic E-state index is 0.0145. The van der Waals surface area contributed by atoms with Crippen LogP contribution >= 0.6 is 0 Å². The van der Waals surface area contributed by atoms with Crippen molar-refractivity contribution in [2.24, 2.45) is 11.8 Å². The van der Waals surface area contributed by atoms with E-state index in [1.54, 1.807) is 14.0 Å². The number of Topliss-reactive ketones (excluding diaryl/α,β-unsaturated/α-hetero) is 1. The average molecular weight is 409 g/mol. The summed E-state index contributed by atoms with van der Waals surface area (Å²) in [6, 6.07) is 7.93. The average Bonchev–Trinajstić information content (AvgIpc) is 2.58. The summed E-state index contributed by atoms with van der Waals surface area (Å²) in [5.74, 6) is 1.44. The molecular formula is C23H40O4Si. The molecular weight excluding hydrogens is 368 g/mol. The number of hydrogen-bond acceptors (Lipinski definition) is 4. The van der Waals surface area contributed by atoms with E-state index in [1.165, 1.54) is 0 Å². The molecule has 0 aliphatic rings. The molecule has 3 atom stereocenters. The van der Waals surface area contributed by atoms with Gasteiger partial charge in [-0.25, -0.2) is 0 Å². The number of ketones is 1. The van der Waals surface area contributed by atoms with Gasteiger partial charge in [0.05, 0.1) is 26.4 Å². The van der Waals surface area contributed by atoms with Crippen molar-refractivity contribution in [3.63, 3.8) is 0 Å². The summed E-state index contributed by atoms with van der Waals surface area (Å²) >= 11 is 0. The molecule has 1 rings (SSSR count). The van der Waals surface area contributed by atoms with Crippen LogP contribution in [0.2, 0.25) is 18.1 Å². The third kappa shape index (κ3) is 7.68. The Labute approximate surface area is 173 Å². The van der Waals surface area contributed by atoms with Gasteiger partial charge in [0.15, 0.2) is 8.32 Å². The van der Waals surface area contributed by atoms with Gasteiger partial charge in [0.25, 0.3) is 0 Å². The maximum absolute atomic E-state index is 11.7. The van der Waals surface area contributed by atoms with Gasteiger partial charge in [-0.1, -0.05) is 46.8 Å². The fourth-order valence-electron chi connectivity index (χ4n) is 3.06. The van der Waals surface area contributed by atoms with Gasteiger partial charge < -0.3 is 18.7 Å². The zero-order chi connectivity index (χ0) is 21.5. The summed E-state index contributed by atoms with van der Waals surface area (Å²) < 4.78 is 17.9. The van der Waals surface area contributed by atoms with Crippen LogP contribution in [0.25, 0.3) is 0 Å². The van der Waals surface area contributed by atoms with Gasteiger partial charge in [0, 0.05) is 12.3 Å². The van der Waals surface area contributed by atoms with E-state index in [4.69, 9.17) is 13.9 Å². The van der Waals surface area contributed by atoms with Crippen molar-refractivity contribution in [3.05, 3.63) is 29.8 Å². The van der Waals surface area contributed by atoms with Crippen LogP contribution in [0.3, 0.4) is 0 Å². The van der Waals surface area contributed by atoms with Crippen LogP contribution in [0.15, 0.2) is 24.3 Å². The highest BCUT2D eigenvalue weighted by atomic mass is 28.4. The van der Waals surface area contributed by atoms with E-state index in [0.29, 0.717) is 19.6 Å². The molecule has 0 bridgehead atoms. The Morgan fingerprint density at radius 1 is 1.07 bits per heavy atom. The van der Waals surface area contributed by atoms with Crippen molar-refractivity contribution in [3.8, 4) is 5.75 Å². The highest BCUT2D eigenvalue weighted by Gasteiger charge is 2.41. The Morgan fingerprint density at radius 3 is 2.11 bits per heavy atom. The number of benzene rings is 1. The van der Waals surface area contributed by atoms with Gasteiger partial charge in [0.1, 0.15) is 11.5 Å². The number of methoxy groups -OCH3 is 1. The molecule has 0 radical (unpaired) electrons. The van der Waals surface area contributed by atoms with Crippen LogP contribution in [-0.2, 0) is 20.6 Å². The minimum Gasteiger partial charge on any atom is -0.497 e. The minimum atomic E-state index is -1.94. The van der Waals surface area contributed by atoms with Crippen LogP contribution in [0.5, 0.6) is 5.75 Å². The van der Waals surface area contributed by atoms with Gasteiger partial charge in [-0.2, -0.15) is 0 Å². The predicted octanol–water partition coefficient (Wildman–Crippen LogP) is 5.85. The summed E-state index contributed by atoms with van der Waals surface area (Å²) in [7, 11) is -0.274. The Kier molecular flexibility index (Phi) is 9.38. The van der Waals surface area contributed by atoms with Gasteiger partial charge >= 0.3 is 0 Å². The Balaban J connectivity index is 2.76. The molecule has 0 saturated heterocycles. The van der Waals surface area contributed by atoms with Gasteiger partial charge in [-0.05, 0) is 48.7 Å². The van der Waals surface area contributed by atoms with Crippen molar-refractivity contribution in [2.75, 3.05) is 13.7 Å². The van der Waals surface area contributed by atoms with Gasteiger partial charge in [-0.15, -0.1) is 0 Å². The molecule has 0 spiro atoms.